The number of para-hydroxylation sites is 1. The highest BCUT2D eigenvalue weighted by molar-refractivity contribution is 5.85. The Morgan fingerprint density at radius 2 is 1.83 bits per heavy atom. The normalized spacial score (nSPS) is 15.7. The molecular formula is C25H23FN2O2. The van der Waals surface area contributed by atoms with E-state index in [-0.39, 0.29) is 18.5 Å². The van der Waals surface area contributed by atoms with E-state index in [0.29, 0.717) is 17.1 Å². The fourth-order valence-corrected chi connectivity index (χ4v) is 4.22. The molecule has 1 atom stereocenters. The predicted octanol–water partition coefficient (Wildman–Crippen LogP) is 5.13. The third-order valence-corrected chi connectivity index (χ3v) is 5.72. The van der Waals surface area contributed by atoms with Gasteiger partial charge in [-0.3, -0.25) is 0 Å². The van der Waals surface area contributed by atoms with Crippen LogP contribution >= 0.6 is 0 Å². The number of aromatic nitrogens is 1. The summed E-state index contributed by atoms with van der Waals surface area (Å²) in [5.41, 5.74) is 5.34. The first-order valence-electron chi connectivity index (χ1n) is 10.1. The fourth-order valence-electron chi connectivity index (χ4n) is 4.22. The van der Waals surface area contributed by atoms with E-state index in [1.807, 2.05) is 18.2 Å². The van der Waals surface area contributed by atoms with E-state index in [4.69, 9.17) is 9.47 Å². The Morgan fingerprint density at radius 3 is 2.70 bits per heavy atom. The lowest BCUT2D eigenvalue weighted by atomic mass is 9.94. The minimum absolute atomic E-state index is 0.0515. The topological polar surface area (TPSA) is 46.3 Å². The molecule has 0 radical (unpaired) electrons. The van der Waals surface area contributed by atoms with E-state index in [1.54, 1.807) is 25.3 Å². The van der Waals surface area contributed by atoms with Gasteiger partial charge >= 0.3 is 0 Å². The summed E-state index contributed by atoms with van der Waals surface area (Å²) in [5, 5.41) is 4.90. The molecule has 1 aliphatic rings. The van der Waals surface area contributed by atoms with E-state index in [0.717, 1.165) is 24.0 Å². The second-order valence-electron chi connectivity index (χ2n) is 7.49. The van der Waals surface area contributed by atoms with Crippen molar-refractivity contribution < 1.29 is 13.9 Å². The van der Waals surface area contributed by atoms with Crippen molar-refractivity contribution in [1.29, 1.82) is 0 Å². The Kier molecular flexibility index (Phi) is 4.89. The number of H-pyrrole nitrogens is 1. The molecule has 0 aliphatic carbocycles. The number of fused-ring (bicyclic) bond motifs is 3. The van der Waals surface area contributed by atoms with Crippen LogP contribution in [0.5, 0.6) is 11.5 Å². The van der Waals surface area contributed by atoms with Crippen molar-refractivity contribution in [2.24, 2.45) is 0 Å². The summed E-state index contributed by atoms with van der Waals surface area (Å²) in [5.74, 6) is 0.955. The number of hydrogen-bond donors (Lipinski definition) is 2. The molecule has 0 spiro atoms. The van der Waals surface area contributed by atoms with E-state index in [2.05, 4.69) is 34.6 Å². The first-order valence-corrected chi connectivity index (χ1v) is 10.1. The molecule has 4 nitrogen and oxygen atoms in total. The van der Waals surface area contributed by atoms with E-state index in [1.165, 1.54) is 22.7 Å². The molecule has 3 aromatic carbocycles. The Bertz CT molecular complexity index is 1200. The molecule has 5 heteroatoms. The van der Waals surface area contributed by atoms with Crippen LogP contribution in [0.3, 0.4) is 0 Å². The zero-order chi connectivity index (χ0) is 20.5. The van der Waals surface area contributed by atoms with Crippen molar-refractivity contribution in [3.05, 3.63) is 94.9 Å². The molecule has 2 N–H and O–H groups in total. The molecule has 0 bridgehead atoms. The van der Waals surface area contributed by atoms with Gasteiger partial charge in [0.25, 0.3) is 0 Å². The van der Waals surface area contributed by atoms with Gasteiger partial charge in [-0.2, -0.15) is 0 Å². The standard InChI is InChI=1S/C25H23FN2O2/c1-29-23-14-16(10-11-22(23)30-15-17-6-2-4-8-20(17)26)24-25-19(12-13-27-24)18-7-3-5-9-21(18)28-25/h2-11,14,24,27-28H,12-13,15H2,1H3. The monoisotopic (exact) mass is 402 g/mol. The smallest absolute Gasteiger partial charge is 0.161 e. The van der Waals surface area contributed by atoms with E-state index < -0.39 is 0 Å². The maximum atomic E-state index is 13.9. The zero-order valence-electron chi connectivity index (χ0n) is 16.7. The molecule has 0 saturated carbocycles. The van der Waals surface area contributed by atoms with Crippen LogP contribution in [0.15, 0.2) is 66.7 Å². The second-order valence-corrected chi connectivity index (χ2v) is 7.49. The van der Waals surface area contributed by atoms with Crippen LogP contribution in [-0.2, 0) is 13.0 Å². The molecule has 152 valence electrons. The van der Waals surface area contributed by atoms with Crippen LogP contribution in [0.25, 0.3) is 10.9 Å². The number of benzene rings is 3. The summed E-state index contributed by atoms with van der Waals surface area (Å²) < 4.78 is 25.3. The van der Waals surface area contributed by atoms with Crippen molar-refractivity contribution in [3.8, 4) is 11.5 Å². The van der Waals surface area contributed by atoms with Gasteiger partial charge in [0.15, 0.2) is 11.5 Å². The van der Waals surface area contributed by atoms with E-state index in [9.17, 15) is 4.39 Å². The summed E-state index contributed by atoms with van der Waals surface area (Å²) >= 11 is 0. The SMILES string of the molecule is COc1cc(C2NCCc3c2[nH]c2ccccc32)ccc1OCc1ccccc1F. The van der Waals surface area contributed by atoms with Crippen molar-refractivity contribution >= 4 is 10.9 Å². The number of rotatable bonds is 5. The van der Waals surface area contributed by atoms with Crippen LogP contribution in [0.4, 0.5) is 4.39 Å². The lowest BCUT2D eigenvalue weighted by molar-refractivity contribution is 0.279. The molecule has 0 amide bonds. The van der Waals surface area contributed by atoms with Gasteiger partial charge in [-0.25, -0.2) is 4.39 Å². The molecule has 4 aromatic rings. The third-order valence-electron chi connectivity index (χ3n) is 5.72. The van der Waals surface area contributed by atoms with Gasteiger partial charge in [-0.05, 0) is 41.8 Å². The Labute approximate surface area is 174 Å². The quantitative estimate of drug-likeness (QED) is 0.487. The summed E-state index contributed by atoms with van der Waals surface area (Å²) in [6.45, 7) is 1.06. The number of nitrogens with one attached hydrogen (secondary N) is 2. The summed E-state index contributed by atoms with van der Waals surface area (Å²) in [7, 11) is 1.62. The molecule has 1 unspecified atom stereocenters. The number of halogens is 1. The lowest BCUT2D eigenvalue weighted by Gasteiger charge is -2.25. The molecular weight excluding hydrogens is 379 g/mol. The van der Waals surface area contributed by atoms with Crippen molar-refractivity contribution in [1.82, 2.24) is 10.3 Å². The Balaban J connectivity index is 1.45. The molecule has 2 heterocycles. The van der Waals surface area contributed by atoms with Crippen molar-refractivity contribution in [3.63, 3.8) is 0 Å². The molecule has 0 fully saturated rings. The van der Waals surface area contributed by atoms with Crippen LogP contribution < -0.4 is 14.8 Å². The summed E-state index contributed by atoms with van der Waals surface area (Å²) in [6, 6.07) is 21.0. The van der Waals surface area contributed by atoms with Gasteiger partial charge < -0.3 is 19.8 Å². The molecule has 5 rings (SSSR count). The third kappa shape index (κ3) is 3.31. The maximum absolute atomic E-state index is 13.9. The maximum Gasteiger partial charge on any atom is 0.161 e. The summed E-state index contributed by atoms with van der Waals surface area (Å²) in [6.07, 6.45) is 0.997. The number of hydrogen-bond acceptors (Lipinski definition) is 3. The second kappa shape index (κ2) is 7.84. The van der Waals surface area contributed by atoms with Gasteiger partial charge in [0, 0.05) is 28.7 Å². The van der Waals surface area contributed by atoms with Gasteiger partial charge in [0.1, 0.15) is 12.4 Å². The highest BCUT2D eigenvalue weighted by atomic mass is 19.1. The first-order chi connectivity index (χ1) is 14.7. The number of methoxy groups -OCH3 is 1. The highest BCUT2D eigenvalue weighted by Gasteiger charge is 2.26. The van der Waals surface area contributed by atoms with Gasteiger partial charge in [0.2, 0.25) is 0 Å². The molecule has 30 heavy (non-hydrogen) atoms. The van der Waals surface area contributed by atoms with Crippen LogP contribution in [0.1, 0.15) is 28.4 Å². The van der Waals surface area contributed by atoms with Gasteiger partial charge in [-0.15, -0.1) is 0 Å². The number of ether oxygens (including phenoxy) is 2. The Hall–Kier alpha value is -3.31. The van der Waals surface area contributed by atoms with Crippen molar-refractivity contribution in [2.45, 2.75) is 19.1 Å². The minimum atomic E-state index is -0.272. The molecule has 0 saturated heterocycles. The first kappa shape index (κ1) is 18.7. The zero-order valence-corrected chi connectivity index (χ0v) is 16.7. The average Bonchev–Trinajstić information content (AvgIpc) is 3.17. The lowest BCUT2D eigenvalue weighted by Crippen LogP contribution is -2.30. The molecule has 1 aliphatic heterocycles. The van der Waals surface area contributed by atoms with Gasteiger partial charge in [0.05, 0.1) is 13.2 Å². The largest absolute Gasteiger partial charge is 0.493 e. The highest BCUT2D eigenvalue weighted by Crippen LogP contribution is 2.37. The van der Waals surface area contributed by atoms with Crippen LogP contribution in [0, 0.1) is 5.82 Å². The van der Waals surface area contributed by atoms with Crippen LogP contribution in [0.2, 0.25) is 0 Å². The fraction of sp³-hybridized carbons (Fsp3) is 0.200. The Morgan fingerprint density at radius 1 is 1.00 bits per heavy atom. The minimum Gasteiger partial charge on any atom is -0.493 e. The van der Waals surface area contributed by atoms with Crippen LogP contribution in [-0.4, -0.2) is 18.6 Å². The number of aromatic amines is 1. The van der Waals surface area contributed by atoms with Gasteiger partial charge in [-0.1, -0.05) is 42.5 Å². The van der Waals surface area contributed by atoms with Crippen molar-refractivity contribution in [2.75, 3.05) is 13.7 Å². The molecule has 1 aromatic heterocycles. The van der Waals surface area contributed by atoms with E-state index >= 15 is 0 Å². The summed E-state index contributed by atoms with van der Waals surface area (Å²) in [4.78, 5) is 3.59. The predicted molar refractivity (Wildman–Crippen MR) is 116 cm³/mol. The average molecular weight is 402 g/mol.